The number of carbonyl (C=O) groups is 2. The summed E-state index contributed by atoms with van der Waals surface area (Å²) in [7, 11) is 0. The summed E-state index contributed by atoms with van der Waals surface area (Å²) in [6.07, 6.45) is 10.6. The SMILES string of the molecule is C[C@@H](NC(=O)CO/N=C1/C=C2CC[C@H]3[C@@H]4CC[C@@H](O)[C@@]4(C)CC[C@@H]3[C@@]2(C)CC1)C(=O)O. The van der Waals surface area contributed by atoms with Crippen LogP contribution >= 0.6 is 0 Å². The van der Waals surface area contributed by atoms with Gasteiger partial charge in [0.1, 0.15) is 6.04 Å². The third-order valence-corrected chi connectivity index (χ3v) is 9.05. The molecule has 4 aliphatic carbocycles. The molecule has 0 aromatic carbocycles. The molecule has 4 aliphatic rings. The van der Waals surface area contributed by atoms with Gasteiger partial charge in [0.05, 0.1) is 11.8 Å². The van der Waals surface area contributed by atoms with E-state index in [1.807, 2.05) is 0 Å². The predicted octanol–water partition coefficient (Wildman–Crippen LogP) is 3.27. The number of hydrogen-bond donors (Lipinski definition) is 3. The Morgan fingerprint density at radius 2 is 1.97 bits per heavy atom. The lowest BCUT2D eigenvalue weighted by Crippen LogP contribution is -2.51. The first-order chi connectivity index (χ1) is 14.6. The van der Waals surface area contributed by atoms with Crippen LogP contribution in [0.15, 0.2) is 16.8 Å². The first-order valence-electron chi connectivity index (χ1n) is 11.8. The van der Waals surface area contributed by atoms with Crippen molar-refractivity contribution in [2.45, 2.75) is 84.3 Å². The Labute approximate surface area is 184 Å². The Balaban J connectivity index is 1.41. The van der Waals surface area contributed by atoms with E-state index < -0.39 is 17.9 Å². The number of nitrogens with zero attached hydrogens (tertiary/aromatic N) is 1. The summed E-state index contributed by atoms with van der Waals surface area (Å²) in [6, 6.07) is -0.949. The Bertz CT molecular complexity index is 808. The smallest absolute Gasteiger partial charge is 0.325 e. The van der Waals surface area contributed by atoms with Gasteiger partial charge in [0, 0.05) is 0 Å². The summed E-state index contributed by atoms with van der Waals surface area (Å²) in [4.78, 5) is 27.8. The van der Waals surface area contributed by atoms with E-state index in [1.165, 1.54) is 25.3 Å². The molecule has 3 N–H and O–H groups in total. The second-order valence-electron chi connectivity index (χ2n) is 10.6. The van der Waals surface area contributed by atoms with Crippen LogP contribution in [0, 0.1) is 28.6 Å². The molecule has 0 radical (unpaired) electrons. The molecule has 7 nitrogen and oxygen atoms in total. The lowest BCUT2D eigenvalue weighted by molar-refractivity contribution is -0.142. The minimum Gasteiger partial charge on any atom is -0.480 e. The molecule has 31 heavy (non-hydrogen) atoms. The van der Waals surface area contributed by atoms with Crippen LogP contribution in [-0.4, -0.2) is 46.6 Å². The van der Waals surface area contributed by atoms with Gasteiger partial charge in [0.2, 0.25) is 0 Å². The van der Waals surface area contributed by atoms with Crippen LogP contribution < -0.4 is 5.32 Å². The van der Waals surface area contributed by atoms with Crippen LogP contribution in [0.1, 0.15) is 72.1 Å². The van der Waals surface area contributed by atoms with E-state index in [2.05, 4.69) is 30.4 Å². The van der Waals surface area contributed by atoms with Crippen molar-refractivity contribution in [1.29, 1.82) is 0 Å². The number of aliphatic hydroxyl groups excluding tert-OH is 1. The molecular formula is C24H36N2O5. The molecule has 3 saturated carbocycles. The maximum absolute atomic E-state index is 11.8. The van der Waals surface area contributed by atoms with E-state index in [9.17, 15) is 14.7 Å². The number of carboxylic acids is 1. The van der Waals surface area contributed by atoms with Crippen molar-refractivity contribution in [2.24, 2.45) is 33.7 Å². The summed E-state index contributed by atoms with van der Waals surface area (Å²) in [5, 5.41) is 26.0. The molecule has 7 atom stereocenters. The van der Waals surface area contributed by atoms with Crippen LogP contribution in [0.5, 0.6) is 0 Å². The minimum absolute atomic E-state index is 0.104. The summed E-state index contributed by atoms with van der Waals surface area (Å²) in [5.41, 5.74) is 2.60. The number of fused-ring (bicyclic) bond motifs is 5. The van der Waals surface area contributed by atoms with Gasteiger partial charge in [0.25, 0.3) is 5.91 Å². The van der Waals surface area contributed by atoms with Crippen molar-refractivity contribution >= 4 is 17.6 Å². The Morgan fingerprint density at radius 1 is 1.19 bits per heavy atom. The van der Waals surface area contributed by atoms with Crippen molar-refractivity contribution in [1.82, 2.24) is 5.32 Å². The molecule has 1 amide bonds. The van der Waals surface area contributed by atoms with Crippen molar-refractivity contribution in [2.75, 3.05) is 6.61 Å². The van der Waals surface area contributed by atoms with Crippen LogP contribution in [0.3, 0.4) is 0 Å². The summed E-state index contributed by atoms with van der Waals surface area (Å²) in [5.74, 6) is 0.442. The molecule has 3 fully saturated rings. The third-order valence-electron chi connectivity index (χ3n) is 9.05. The van der Waals surface area contributed by atoms with E-state index in [1.54, 1.807) is 0 Å². The quantitative estimate of drug-likeness (QED) is 0.578. The number of nitrogens with one attached hydrogen (secondary N) is 1. The van der Waals surface area contributed by atoms with E-state index >= 15 is 0 Å². The first kappa shape index (κ1) is 22.3. The Hall–Kier alpha value is -1.89. The molecule has 0 heterocycles. The van der Waals surface area contributed by atoms with Crippen LogP contribution in [0.4, 0.5) is 0 Å². The standard InChI is InChI=1S/C24H36N2O5/c1-14(22(29)30)25-21(28)13-31-26-16-8-10-23(2)15(12-16)4-5-17-18-6-7-20(27)24(18,3)11-9-19(17)23/h12,14,17-20,27H,4-11,13H2,1-3H3,(H,25,28)(H,29,30)/b26-16+/t14-,17+,18+,19+,20-,23+,24+/m1/s1. The fraction of sp³-hybridized carbons (Fsp3) is 0.792. The van der Waals surface area contributed by atoms with Crippen molar-refractivity contribution in [3.05, 3.63) is 11.6 Å². The van der Waals surface area contributed by atoms with Gasteiger partial charge in [-0.05, 0) is 93.0 Å². The number of rotatable bonds is 5. The maximum atomic E-state index is 11.8. The number of allylic oxidation sites excluding steroid dienone is 2. The summed E-state index contributed by atoms with van der Waals surface area (Å²) < 4.78 is 0. The highest BCUT2D eigenvalue weighted by Gasteiger charge is 2.58. The Morgan fingerprint density at radius 3 is 2.71 bits per heavy atom. The van der Waals surface area contributed by atoms with E-state index in [-0.39, 0.29) is 23.5 Å². The molecule has 7 heteroatoms. The number of aliphatic carboxylic acids is 1. The van der Waals surface area contributed by atoms with Gasteiger partial charge in [0.15, 0.2) is 6.61 Å². The molecule has 0 unspecified atom stereocenters. The maximum Gasteiger partial charge on any atom is 0.325 e. The van der Waals surface area contributed by atoms with E-state index in [0.29, 0.717) is 17.8 Å². The molecule has 0 aromatic rings. The molecule has 0 aromatic heterocycles. The zero-order chi connectivity index (χ0) is 22.4. The van der Waals surface area contributed by atoms with Crippen LogP contribution in [-0.2, 0) is 14.4 Å². The third kappa shape index (κ3) is 3.90. The van der Waals surface area contributed by atoms with Gasteiger partial charge < -0.3 is 20.4 Å². The molecule has 0 bridgehead atoms. The minimum atomic E-state index is -1.08. The first-order valence-corrected chi connectivity index (χ1v) is 11.8. The highest BCUT2D eigenvalue weighted by molar-refractivity contribution is 5.96. The molecule has 0 saturated heterocycles. The van der Waals surface area contributed by atoms with Gasteiger partial charge in [-0.15, -0.1) is 0 Å². The average molecular weight is 433 g/mol. The lowest BCUT2D eigenvalue weighted by Gasteiger charge is -2.57. The van der Waals surface area contributed by atoms with Gasteiger partial charge in [-0.2, -0.15) is 0 Å². The summed E-state index contributed by atoms with van der Waals surface area (Å²) >= 11 is 0. The molecular weight excluding hydrogens is 396 g/mol. The van der Waals surface area contributed by atoms with Gasteiger partial charge >= 0.3 is 5.97 Å². The van der Waals surface area contributed by atoms with Gasteiger partial charge in [-0.3, -0.25) is 9.59 Å². The molecule has 0 aliphatic heterocycles. The van der Waals surface area contributed by atoms with E-state index in [0.717, 1.165) is 44.2 Å². The molecule has 4 rings (SSSR count). The number of aliphatic hydroxyl groups is 1. The van der Waals surface area contributed by atoms with Gasteiger partial charge in [-0.25, -0.2) is 0 Å². The second-order valence-corrected chi connectivity index (χ2v) is 10.6. The normalized spacial score (nSPS) is 41.4. The largest absolute Gasteiger partial charge is 0.480 e. The van der Waals surface area contributed by atoms with E-state index in [4.69, 9.17) is 9.94 Å². The van der Waals surface area contributed by atoms with Gasteiger partial charge in [-0.1, -0.05) is 24.6 Å². The number of carbonyl (C=O) groups excluding carboxylic acids is 1. The highest BCUT2D eigenvalue weighted by atomic mass is 16.6. The predicted molar refractivity (Wildman–Crippen MR) is 116 cm³/mol. The number of amides is 1. The average Bonchev–Trinajstić information content (AvgIpc) is 3.02. The van der Waals surface area contributed by atoms with Crippen molar-refractivity contribution in [3.8, 4) is 0 Å². The molecule has 172 valence electrons. The number of carboxylic acid groups (broad SMARTS) is 1. The zero-order valence-corrected chi connectivity index (χ0v) is 18.9. The summed E-state index contributed by atoms with van der Waals surface area (Å²) in [6.45, 7) is 5.86. The topological polar surface area (TPSA) is 108 Å². The highest BCUT2D eigenvalue weighted by Crippen LogP contribution is 2.65. The monoisotopic (exact) mass is 432 g/mol. The second kappa shape index (κ2) is 8.23. The number of hydrogen-bond acceptors (Lipinski definition) is 5. The fourth-order valence-corrected chi connectivity index (χ4v) is 7.13. The lowest BCUT2D eigenvalue weighted by atomic mass is 9.47. The molecule has 0 spiro atoms. The van der Waals surface area contributed by atoms with Crippen LogP contribution in [0.25, 0.3) is 0 Å². The fourth-order valence-electron chi connectivity index (χ4n) is 7.13. The Kier molecular flexibility index (Phi) is 5.92. The van der Waals surface area contributed by atoms with Crippen molar-refractivity contribution in [3.63, 3.8) is 0 Å². The van der Waals surface area contributed by atoms with Crippen LogP contribution in [0.2, 0.25) is 0 Å². The number of oxime groups is 1. The van der Waals surface area contributed by atoms with Crippen molar-refractivity contribution < 1.29 is 24.6 Å². The zero-order valence-electron chi connectivity index (χ0n) is 18.9.